The van der Waals surface area contributed by atoms with Gasteiger partial charge in [0.05, 0.1) is 7.11 Å². The molecule has 0 aliphatic rings. The number of carbonyl (C=O) groups excluding carboxylic acids is 1. The average molecular weight is 242 g/mol. The fraction of sp³-hybridized carbons (Fsp3) is 0.364. The molecule has 1 aromatic rings. The fourth-order valence-corrected chi connectivity index (χ4v) is 3.53. The molecule has 0 N–H and O–H groups in total. The van der Waals surface area contributed by atoms with Gasteiger partial charge in [-0.25, -0.2) is 0 Å². The lowest BCUT2D eigenvalue weighted by Crippen LogP contribution is -2.29. The Morgan fingerprint density at radius 3 is 2.40 bits per heavy atom. The van der Waals surface area contributed by atoms with Crippen molar-refractivity contribution >= 4 is 27.6 Å². The number of hydrogen-bond donors (Lipinski definition) is 0. The van der Waals surface area contributed by atoms with Crippen molar-refractivity contribution in [3.05, 3.63) is 35.9 Å². The summed E-state index contributed by atoms with van der Waals surface area (Å²) in [7, 11) is 4.49. The van der Waals surface area contributed by atoms with Crippen LogP contribution in [0.15, 0.2) is 30.3 Å². The summed E-state index contributed by atoms with van der Waals surface area (Å²) in [6.45, 7) is 1.88. The molecular weight excluding hydrogens is 228 g/mol. The van der Waals surface area contributed by atoms with Gasteiger partial charge in [0.25, 0.3) is 0 Å². The van der Waals surface area contributed by atoms with Gasteiger partial charge in [-0.05, 0) is 18.7 Å². The third-order valence-electron chi connectivity index (χ3n) is 2.15. The van der Waals surface area contributed by atoms with E-state index in [-0.39, 0.29) is 5.97 Å². The fourth-order valence-electron chi connectivity index (χ4n) is 1.32. The van der Waals surface area contributed by atoms with E-state index in [9.17, 15) is 4.79 Å². The van der Waals surface area contributed by atoms with Gasteiger partial charge in [-0.1, -0.05) is 51.9 Å². The highest BCUT2D eigenvalue weighted by molar-refractivity contribution is 8.76. The third-order valence-corrected chi connectivity index (χ3v) is 4.55. The molecule has 0 bridgehead atoms. The zero-order chi connectivity index (χ0) is 11.3. The second kappa shape index (κ2) is 5.47. The van der Waals surface area contributed by atoms with Gasteiger partial charge in [-0.3, -0.25) is 4.79 Å². The molecule has 0 aliphatic heterocycles. The van der Waals surface area contributed by atoms with Crippen LogP contribution < -0.4 is 0 Å². The van der Waals surface area contributed by atoms with Crippen molar-refractivity contribution in [2.75, 3.05) is 13.4 Å². The predicted molar refractivity (Wildman–Crippen MR) is 66.9 cm³/mol. The number of methoxy groups -OCH3 is 1. The number of carbonyl (C=O) groups is 1. The van der Waals surface area contributed by atoms with Gasteiger partial charge in [0.2, 0.25) is 0 Å². The summed E-state index contributed by atoms with van der Waals surface area (Å²) in [5.41, 5.74) is 0.969. The highest BCUT2D eigenvalue weighted by atomic mass is 33.1. The van der Waals surface area contributed by atoms with E-state index in [0.717, 1.165) is 5.56 Å². The van der Waals surface area contributed by atoms with E-state index in [0.29, 0.717) is 0 Å². The third kappa shape index (κ3) is 2.69. The average Bonchev–Trinajstić information content (AvgIpc) is 2.29. The second-order valence-corrected chi connectivity index (χ2v) is 5.96. The van der Waals surface area contributed by atoms with Crippen LogP contribution >= 0.6 is 21.6 Å². The molecule has 0 amide bonds. The molecule has 1 atom stereocenters. The van der Waals surface area contributed by atoms with Gasteiger partial charge < -0.3 is 4.74 Å². The van der Waals surface area contributed by atoms with Crippen LogP contribution in [0.25, 0.3) is 0 Å². The van der Waals surface area contributed by atoms with E-state index in [2.05, 4.69) is 0 Å². The normalized spacial score (nSPS) is 14.3. The minimum Gasteiger partial charge on any atom is -0.468 e. The van der Waals surface area contributed by atoms with E-state index >= 15 is 0 Å². The number of esters is 1. The zero-order valence-corrected chi connectivity index (χ0v) is 10.7. The summed E-state index contributed by atoms with van der Waals surface area (Å²) in [4.78, 5) is 11.8. The Balaban J connectivity index is 3.06. The number of ether oxygens (including phenoxy) is 1. The first-order chi connectivity index (χ1) is 7.15. The molecular formula is C11H14O2S2. The first kappa shape index (κ1) is 12.5. The molecule has 2 nitrogen and oxygen atoms in total. The Morgan fingerprint density at radius 2 is 1.93 bits per heavy atom. The van der Waals surface area contributed by atoms with Crippen LogP contribution in [0.5, 0.6) is 0 Å². The lowest BCUT2D eigenvalue weighted by atomic mass is 10.0. The van der Waals surface area contributed by atoms with Crippen molar-refractivity contribution < 1.29 is 9.53 Å². The van der Waals surface area contributed by atoms with Gasteiger partial charge in [0.15, 0.2) is 0 Å². The Morgan fingerprint density at radius 1 is 1.33 bits per heavy atom. The largest absolute Gasteiger partial charge is 0.468 e. The minimum absolute atomic E-state index is 0.215. The first-order valence-corrected chi connectivity index (χ1v) is 7.06. The van der Waals surface area contributed by atoms with Crippen LogP contribution in [0.4, 0.5) is 0 Å². The topological polar surface area (TPSA) is 26.3 Å². The van der Waals surface area contributed by atoms with Crippen molar-refractivity contribution in [3.63, 3.8) is 0 Å². The lowest BCUT2D eigenvalue weighted by Gasteiger charge is -2.25. The van der Waals surface area contributed by atoms with Crippen LogP contribution in [0.1, 0.15) is 12.5 Å². The molecule has 0 spiro atoms. The van der Waals surface area contributed by atoms with Crippen LogP contribution in [0.2, 0.25) is 0 Å². The van der Waals surface area contributed by atoms with Gasteiger partial charge in [-0.15, -0.1) is 0 Å². The second-order valence-electron chi connectivity index (χ2n) is 3.14. The maximum atomic E-state index is 11.8. The predicted octanol–water partition coefficient (Wildman–Crippen LogP) is 3.09. The molecule has 4 heteroatoms. The molecule has 0 saturated carbocycles. The van der Waals surface area contributed by atoms with E-state index in [1.54, 1.807) is 10.8 Å². The molecule has 0 fully saturated rings. The number of hydrogen-bond acceptors (Lipinski definition) is 4. The summed E-state index contributed by atoms with van der Waals surface area (Å²) in [5, 5.41) is 0. The zero-order valence-electron chi connectivity index (χ0n) is 9.02. The minimum atomic E-state index is -0.630. The van der Waals surface area contributed by atoms with E-state index in [4.69, 9.17) is 4.74 Å². The maximum Gasteiger partial charge on any atom is 0.327 e. The van der Waals surface area contributed by atoms with E-state index in [1.165, 1.54) is 17.9 Å². The molecule has 15 heavy (non-hydrogen) atoms. The summed E-state index contributed by atoms with van der Waals surface area (Å²) in [6.07, 6.45) is 1.95. The number of benzene rings is 1. The van der Waals surface area contributed by atoms with Gasteiger partial charge in [0.1, 0.15) is 4.75 Å². The van der Waals surface area contributed by atoms with Gasteiger partial charge >= 0.3 is 5.97 Å². The summed E-state index contributed by atoms with van der Waals surface area (Å²) in [6, 6.07) is 9.68. The highest BCUT2D eigenvalue weighted by Gasteiger charge is 2.37. The molecule has 82 valence electrons. The Kier molecular flexibility index (Phi) is 4.54. The standard InChI is InChI=1S/C11H14O2S2/c1-11(15-14-3,10(12)13-2)9-7-5-4-6-8-9/h4-8H,1-3H3. The smallest absolute Gasteiger partial charge is 0.327 e. The van der Waals surface area contributed by atoms with Crippen LogP contribution in [-0.4, -0.2) is 19.3 Å². The Labute approximate surface area is 98.2 Å². The van der Waals surface area contributed by atoms with Crippen molar-refractivity contribution in [2.45, 2.75) is 11.7 Å². The summed E-state index contributed by atoms with van der Waals surface area (Å²) < 4.78 is 4.22. The lowest BCUT2D eigenvalue weighted by molar-refractivity contribution is -0.143. The van der Waals surface area contributed by atoms with Crippen LogP contribution in [0.3, 0.4) is 0 Å². The molecule has 0 radical (unpaired) electrons. The molecule has 1 unspecified atom stereocenters. The van der Waals surface area contributed by atoms with Gasteiger partial charge in [-0.2, -0.15) is 0 Å². The highest BCUT2D eigenvalue weighted by Crippen LogP contribution is 2.43. The van der Waals surface area contributed by atoms with Gasteiger partial charge in [0, 0.05) is 0 Å². The maximum absolute atomic E-state index is 11.8. The van der Waals surface area contributed by atoms with Crippen molar-refractivity contribution in [2.24, 2.45) is 0 Å². The number of rotatable bonds is 4. The van der Waals surface area contributed by atoms with Crippen molar-refractivity contribution in [1.82, 2.24) is 0 Å². The molecule has 0 aliphatic carbocycles. The SMILES string of the molecule is COC(=O)C(C)(SSC)c1ccccc1. The monoisotopic (exact) mass is 242 g/mol. The Bertz CT molecular complexity index is 327. The molecule has 0 heterocycles. The van der Waals surface area contributed by atoms with E-state index < -0.39 is 4.75 Å². The molecule has 0 aromatic heterocycles. The van der Waals surface area contributed by atoms with Crippen molar-refractivity contribution in [1.29, 1.82) is 0 Å². The van der Waals surface area contributed by atoms with Crippen molar-refractivity contribution in [3.8, 4) is 0 Å². The summed E-state index contributed by atoms with van der Waals surface area (Å²) in [5.74, 6) is -0.215. The summed E-state index contributed by atoms with van der Waals surface area (Å²) >= 11 is 0. The van der Waals surface area contributed by atoms with Crippen LogP contribution in [-0.2, 0) is 14.3 Å². The molecule has 1 rings (SSSR count). The molecule has 1 aromatic carbocycles. The quantitative estimate of drug-likeness (QED) is 0.598. The first-order valence-electron chi connectivity index (χ1n) is 4.51. The van der Waals surface area contributed by atoms with Crippen LogP contribution in [0, 0.1) is 0 Å². The van der Waals surface area contributed by atoms with E-state index in [1.807, 2.05) is 43.5 Å². The molecule has 0 saturated heterocycles. The Hall–Kier alpha value is -0.610.